The Kier molecular flexibility index (Phi) is 10.2. The number of sulfonamides is 1. The molecule has 0 aliphatic rings. The van der Waals surface area contributed by atoms with Crippen molar-refractivity contribution in [2.75, 3.05) is 32.6 Å². The Bertz CT molecular complexity index is 905. The minimum absolute atomic E-state index is 0.0160. The van der Waals surface area contributed by atoms with Gasteiger partial charge >= 0.3 is 17.9 Å². The number of carbonyl (C=O) groups excluding carboxylic acids is 3. The Morgan fingerprint density at radius 2 is 1.81 bits per heavy atom. The second kappa shape index (κ2) is 11.9. The molecule has 12 heteroatoms. The lowest BCUT2D eigenvalue weighted by molar-refractivity contribution is -0.136. The number of nitrogens with one attached hydrogen (secondary N) is 3. The standard InChI is InChI=1S/C19H29ClN4O6S/c1-6-30-19(27)23-14(9-12(2)3)11-21-17(25)18(26)22-13-7-8-15(20)16(10-13)31(28,29)24(4)5/h7-8,10,12,14H,6,9,11H2,1-5H3,(H,21,25)(H,22,26)(H,23,27)/t14-/m1/s1. The SMILES string of the molecule is CCOC(=O)N[C@@H](CNC(=O)C(=O)Nc1ccc(Cl)c(S(=O)(=O)N(C)C)c1)CC(C)C. The molecule has 1 rings (SSSR count). The van der Waals surface area contributed by atoms with Crippen LogP contribution in [0.2, 0.25) is 5.02 Å². The summed E-state index contributed by atoms with van der Waals surface area (Å²) in [6, 6.07) is 3.44. The Morgan fingerprint density at radius 1 is 1.16 bits per heavy atom. The molecule has 1 aromatic rings. The molecule has 174 valence electrons. The molecule has 0 aliphatic heterocycles. The number of halogens is 1. The second-order valence-electron chi connectivity index (χ2n) is 7.29. The van der Waals surface area contributed by atoms with Gasteiger partial charge in [-0.3, -0.25) is 9.59 Å². The van der Waals surface area contributed by atoms with Crippen LogP contribution in [0, 0.1) is 5.92 Å². The molecule has 31 heavy (non-hydrogen) atoms. The molecule has 1 atom stereocenters. The summed E-state index contributed by atoms with van der Waals surface area (Å²) in [7, 11) is -1.14. The van der Waals surface area contributed by atoms with Crippen LogP contribution in [0.3, 0.4) is 0 Å². The van der Waals surface area contributed by atoms with Crippen molar-refractivity contribution in [3.63, 3.8) is 0 Å². The van der Waals surface area contributed by atoms with Crippen LogP contribution in [0.4, 0.5) is 10.5 Å². The molecule has 1 aromatic carbocycles. The van der Waals surface area contributed by atoms with Crippen molar-refractivity contribution in [2.24, 2.45) is 5.92 Å². The molecule has 0 saturated carbocycles. The van der Waals surface area contributed by atoms with E-state index < -0.39 is 34.0 Å². The van der Waals surface area contributed by atoms with Gasteiger partial charge in [0.25, 0.3) is 0 Å². The Morgan fingerprint density at radius 3 is 2.35 bits per heavy atom. The fourth-order valence-corrected chi connectivity index (χ4v) is 3.96. The van der Waals surface area contributed by atoms with E-state index in [0.717, 1.165) is 4.31 Å². The maximum Gasteiger partial charge on any atom is 0.407 e. The highest BCUT2D eigenvalue weighted by Crippen LogP contribution is 2.26. The lowest BCUT2D eigenvalue weighted by Gasteiger charge is -2.20. The quantitative estimate of drug-likeness (QED) is 0.465. The lowest BCUT2D eigenvalue weighted by Crippen LogP contribution is -2.46. The average molecular weight is 477 g/mol. The molecule has 0 radical (unpaired) electrons. The maximum atomic E-state index is 12.3. The van der Waals surface area contributed by atoms with E-state index in [1.807, 2.05) is 13.8 Å². The summed E-state index contributed by atoms with van der Waals surface area (Å²) >= 11 is 5.97. The van der Waals surface area contributed by atoms with Crippen molar-refractivity contribution in [2.45, 2.75) is 38.1 Å². The molecule has 0 fully saturated rings. The van der Waals surface area contributed by atoms with Gasteiger partial charge in [-0.25, -0.2) is 17.5 Å². The molecule has 0 aliphatic carbocycles. The summed E-state index contributed by atoms with van der Waals surface area (Å²) in [5, 5.41) is 7.42. The predicted octanol–water partition coefficient (Wildman–Crippen LogP) is 1.81. The van der Waals surface area contributed by atoms with Crippen LogP contribution in [-0.2, 0) is 24.3 Å². The zero-order chi connectivity index (χ0) is 23.8. The highest BCUT2D eigenvalue weighted by molar-refractivity contribution is 7.89. The Labute approximate surface area is 187 Å². The van der Waals surface area contributed by atoms with Crippen molar-refractivity contribution >= 4 is 45.2 Å². The Balaban J connectivity index is 2.81. The van der Waals surface area contributed by atoms with E-state index in [0.29, 0.717) is 6.42 Å². The first-order chi connectivity index (χ1) is 14.4. The largest absolute Gasteiger partial charge is 0.450 e. The van der Waals surface area contributed by atoms with Crippen LogP contribution in [0.1, 0.15) is 27.2 Å². The van der Waals surface area contributed by atoms with Crippen molar-refractivity contribution in [3.8, 4) is 0 Å². The van der Waals surface area contributed by atoms with Crippen LogP contribution in [0.5, 0.6) is 0 Å². The second-order valence-corrected chi connectivity index (χ2v) is 9.82. The third-order valence-electron chi connectivity index (χ3n) is 4.02. The number of benzene rings is 1. The Hall–Kier alpha value is -2.37. The van der Waals surface area contributed by atoms with Crippen LogP contribution in [0.15, 0.2) is 23.1 Å². The normalized spacial score (nSPS) is 12.4. The fourth-order valence-electron chi connectivity index (χ4n) is 2.56. The molecule has 0 heterocycles. The maximum absolute atomic E-state index is 12.3. The zero-order valence-corrected chi connectivity index (χ0v) is 19.8. The smallest absolute Gasteiger partial charge is 0.407 e. The summed E-state index contributed by atoms with van der Waals surface area (Å²) in [5.41, 5.74) is 0.0911. The average Bonchev–Trinajstić information content (AvgIpc) is 2.66. The molecule has 3 N–H and O–H groups in total. The van der Waals surface area contributed by atoms with Gasteiger partial charge in [0.15, 0.2) is 0 Å². The van der Waals surface area contributed by atoms with E-state index in [1.165, 1.54) is 32.3 Å². The van der Waals surface area contributed by atoms with Gasteiger partial charge in [0.05, 0.1) is 11.6 Å². The molecule has 10 nitrogen and oxygen atoms in total. The topological polar surface area (TPSA) is 134 Å². The molecular weight excluding hydrogens is 448 g/mol. The molecule has 0 spiro atoms. The zero-order valence-electron chi connectivity index (χ0n) is 18.2. The van der Waals surface area contributed by atoms with Crippen molar-refractivity contribution in [1.82, 2.24) is 14.9 Å². The van der Waals surface area contributed by atoms with E-state index in [2.05, 4.69) is 16.0 Å². The summed E-state index contributed by atoms with van der Waals surface area (Å²) in [6.07, 6.45) is -0.0495. The van der Waals surface area contributed by atoms with Crippen molar-refractivity contribution in [3.05, 3.63) is 23.2 Å². The highest BCUT2D eigenvalue weighted by atomic mass is 35.5. The third kappa shape index (κ3) is 8.35. The molecule has 0 saturated heterocycles. The monoisotopic (exact) mass is 476 g/mol. The van der Waals surface area contributed by atoms with E-state index in [1.54, 1.807) is 6.92 Å². The van der Waals surface area contributed by atoms with E-state index in [9.17, 15) is 22.8 Å². The molecule has 0 unspecified atom stereocenters. The molecule has 0 aromatic heterocycles. The first-order valence-corrected chi connectivity index (χ1v) is 11.4. The fraction of sp³-hybridized carbons (Fsp3) is 0.526. The number of anilines is 1. The van der Waals surface area contributed by atoms with Crippen LogP contribution in [0.25, 0.3) is 0 Å². The first kappa shape index (κ1) is 26.7. The van der Waals surface area contributed by atoms with Crippen LogP contribution >= 0.6 is 11.6 Å². The number of alkyl carbamates (subject to hydrolysis) is 1. The van der Waals surface area contributed by atoms with Gasteiger partial charge in [0.2, 0.25) is 10.0 Å². The van der Waals surface area contributed by atoms with Gasteiger partial charge in [-0.15, -0.1) is 0 Å². The number of rotatable bonds is 9. The number of nitrogens with zero attached hydrogens (tertiary/aromatic N) is 1. The summed E-state index contributed by atoms with van der Waals surface area (Å²) in [5.74, 6) is -1.70. The number of hydrogen-bond acceptors (Lipinski definition) is 6. The predicted molar refractivity (Wildman–Crippen MR) is 117 cm³/mol. The minimum atomic E-state index is -3.84. The number of carbonyl (C=O) groups is 3. The minimum Gasteiger partial charge on any atom is -0.450 e. The van der Waals surface area contributed by atoms with Gasteiger partial charge in [0, 0.05) is 32.4 Å². The lowest BCUT2D eigenvalue weighted by atomic mass is 10.0. The highest BCUT2D eigenvalue weighted by Gasteiger charge is 2.23. The molecular formula is C19H29ClN4O6S. The van der Waals surface area contributed by atoms with Gasteiger partial charge in [-0.1, -0.05) is 25.4 Å². The summed E-state index contributed by atoms with van der Waals surface area (Å²) in [6.45, 7) is 5.81. The number of hydrogen-bond donors (Lipinski definition) is 3. The van der Waals surface area contributed by atoms with Crippen LogP contribution < -0.4 is 16.0 Å². The summed E-state index contributed by atoms with van der Waals surface area (Å²) < 4.78 is 30.5. The third-order valence-corrected chi connectivity index (χ3v) is 6.31. The van der Waals surface area contributed by atoms with Gasteiger partial charge < -0.3 is 20.7 Å². The number of ether oxygens (including phenoxy) is 1. The van der Waals surface area contributed by atoms with Crippen molar-refractivity contribution < 1.29 is 27.5 Å². The van der Waals surface area contributed by atoms with Gasteiger partial charge in [0.1, 0.15) is 4.90 Å². The van der Waals surface area contributed by atoms with Crippen LogP contribution in [-0.4, -0.2) is 63.9 Å². The van der Waals surface area contributed by atoms with Gasteiger partial charge in [-0.05, 0) is 37.5 Å². The van der Waals surface area contributed by atoms with Gasteiger partial charge in [-0.2, -0.15) is 0 Å². The van der Waals surface area contributed by atoms with Crippen molar-refractivity contribution in [1.29, 1.82) is 0 Å². The summed E-state index contributed by atoms with van der Waals surface area (Å²) in [4.78, 5) is 35.9. The first-order valence-electron chi connectivity index (χ1n) is 9.63. The van der Waals surface area contributed by atoms with E-state index in [-0.39, 0.29) is 34.7 Å². The van der Waals surface area contributed by atoms with E-state index >= 15 is 0 Å². The van der Waals surface area contributed by atoms with E-state index in [4.69, 9.17) is 16.3 Å². The number of amides is 3. The molecule has 0 bridgehead atoms. The molecule has 3 amide bonds.